The van der Waals surface area contributed by atoms with Crippen LogP contribution in [0.25, 0.3) is 0 Å². The quantitative estimate of drug-likeness (QED) is 0.224. The Hall–Kier alpha value is 1.09. The minimum Gasteiger partial charge on any atom is -1.00 e. The van der Waals surface area contributed by atoms with E-state index in [2.05, 4.69) is 8.67 Å². The maximum atomic E-state index is 9.51. The molecule has 0 saturated heterocycles. The predicted octanol–water partition coefficient (Wildman–Crippen LogP) is -4.23. The third-order valence-electron chi connectivity index (χ3n) is 0.200. The SMILES string of the molecule is O=S(=O)(O)OOS(=O)(=O)O.S.[H-].[Na+]. The van der Waals surface area contributed by atoms with Crippen molar-refractivity contribution in [3.63, 3.8) is 0 Å². The molecule has 0 aromatic carbocycles. The molecule has 0 fully saturated rings. The second-order valence-electron chi connectivity index (χ2n) is 0.992. The minimum absolute atomic E-state index is 0. The fraction of sp³-hybridized carbons (Fsp3) is 0. The summed E-state index contributed by atoms with van der Waals surface area (Å²) in [5, 5.41) is 0. The van der Waals surface area contributed by atoms with E-state index >= 15 is 0 Å². The van der Waals surface area contributed by atoms with Crippen LogP contribution in [0.2, 0.25) is 0 Å². The van der Waals surface area contributed by atoms with Crippen molar-refractivity contribution < 1.29 is 65.6 Å². The van der Waals surface area contributed by atoms with Crippen molar-refractivity contribution in [2.45, 2.75) is 0 Å². The first-order chi connectivity index (χ1) is 4.21. The van der Waals surface area contributed by atoms with E-state index in [0.29, 0.717) is 0 Å². The Labute approximate surface area is 99.3 Å². The Morgan fingerprint density at radius 3 is 1.17 bits per heavy atom. The van der Waals surface area contributed by atoms with Gasteiger partial charge >= 0.3 is 50.4 Å². The van der Waals surface area contributed by atoms with Gasteiger partial charge in [0.2, 0.25) is 0 Å². The smallest absolute Gasteiger partial charge is 1.00 e. The van der Waals surface area contributed by atoms with E-state index in [0.717, 1.165) is 0 Å². The van der Waals surface area contributed by atoms with Gasteiger partial charge in [-0.05, 0) is 0 Å². The Bertz CT molecular complexity index is 255. The van der Waals surface area contributed by atoms with E-state index < -0.39 is 20.8 Å². The summed E-state index contributed by atoms with van der Waals surface area (Å²) in [7, 11) is -10.0. The zero-order valence-electron chi connectivity index (χ0n) is 6.66. The van der Waals surface area contributed by atoms with Gasteiger partial charge in [-0.25, -0.2) is 0 Å². The summed E-state index contributed by atoms with van der Waals surface area (Å²) in [6, 6.07) is 0. The molecule has 0 aliphatic carbocycles. The van der Waals surface area contributed by atoms with Gasteiger partial charge in [-0.2, -0.15) is 30.3 Å². The molecule has 0 bridgehead atoms. The second kappa shape index (κ2) is 6.53. The summed E-state index contributed by atoms with van der Waals surface area (Å²) in [6.07, 6.45) is 0. The first-order valence-corrected chi connectivity index (χ1v) is 4.26. The molecule has 0 heterocycles. The van der Waals surface area contributed by atoms with Crippen LogP contribution in [-0.4, -0.2) is 25.9 Å². The summed E-state index contributed by atoms with van der Waals surface area (Å²) in [6.45, 7) is 0. The molecule has 0 amide bonds. The van der Waals surface area contributed by atoms with Crippen molar-refractivity contribution in [1.29, 1.82) is 0 Å². The number of hydrogen-bond acceptors (Lipinski definition) is 6. The molecule has 0 aromatic rings. The van der Waals surface area contributed by atoms with Crippen molar-refractivity contribution in [3.05, 3.63) is 0 Å². The van der Waals surface area contributed by atoms with E-state index in [-0.39, 0.29) is 44.5 Å². The van der Waals surface area contributed by atoms with Gasteiger partial charge in [0.05, 0.1) is 0 Å². The van der Waals surface area contributed by atoms with Crippen molar-refractivity contribution in [2.24, 2.45) is 0 Å². The van der Waals surface area contributed by atoms with Crippen LogP contribution in [0, 0.1) is 0 Å². The van der Waals surface area contributed by atoms with Gasteiger partial charge in [0.1, 0.15) is 0 Å². The average Bonchev–Trinajstić information content (AvgIpc) is 1.57. The van der Waals surface area contributed by atoms with Crippen LogP contribution in [0.4, 0.5) is 0 Å². The molecule has 0 aromatic heterocycles. The third kappa shape index (κ3) is 17.3. The van der Waals surface area contributed by atoms with Crippen molar-refractivity contribution in [2.75, 3.05) is 0 Å². The molecule has 0 aliphatic heterocycles. The summed E-state index contributed by atoms with van der Waals surface area (Å²) < 4.78 is 58.9. The molecule has 0 aliphatic rings. The maximum Gasteiger partial charge on any atom is 1.00 e. The fourth-order valence-electron chi connectivity index (χ4n) is 0.0702. The Balaban J connectivity index is -0.000000135. The van der Waals surface area contributed by atoms with Crippen molar-refractivity contribution in [1.82, 2.24) is 0 Å². The van der Waals surface area contributed by atoms with Gasteiger partial charge in [-0.15, -0.1) is 0 Å². The third-order valence-corrected chi connectivity index (χ3v) is 0.766. The average molecular weight is 252 g/mol. The van der Waals surface area contributed by atoms with Crippen LogP contribution < -0.4 is 29.6 Å². The van der Waals surface area contributed by atoms with Gasteiger partial charge in [-0.3, -0.25) is 9.11 Å². The second-order valence-corrected chi connectivity index (χ2v) is 2.97. The van der Waals surface area contributed by atoms with Crippen LogP contribution in [0.1, 0.15) is 1.43 Å². The number of rotatable bonds is 3. The molecule has 0 rings (SSSR count). The molecule has 12 heavy (non-hydrogen) atoms. The van der Waals surface area contributed by atoms with Crippen LogP contribution >= 0.6 is 13.5 Å². The van der Waals surface area contributed by atoms with Crippen LogP contribution in [0.15, 0.2) is 0 Å². The summed E-state index contributed by atoms with van der Waals surface area (Å²) in [5.74, 6) is 0. The van der Waals surface area contributed by atoms with Crippen LogP contribution in [-0.2, 0) is 29.5 Å². The molecular formula is H5NaO8S3. The Morgan fingerprint density at radius 2 is 1.08 bits per heavy atom. The monoisotopic (exact) mass is 252 g/mol. The molecule has 2 N–H and O–H groups in total. The Morgan fingerprint density at radius 1 is 0.917 bits per heavy atom. The van der Waals surface area contributed by atoms with Crippen LogP contribution in [0.5, 0.6) is 0 Å². The standard InChI is InChI=1S/Na.H2O8S2.H2S.H/c;1-9(2,3)7-8-10(4,5)6;;/h;(H,1,2,3)(H,4,5,6);1H2;/q+1;;;-1. The summed E-state index contributed by atoms with van der Waals surface area (Å²) in [5.41, 5.74) is 0. The van der Waals surface area contributed by atoms with Gasteiger partial charge < -0.3 is 1.43 Å². The largest absolute Gasteiger partial charge is 1.00 e. The zero-order valence-corrected chi connectivity index (χ0v) is 10.3. The summed E-state index contributed by atoms with van der Waals surface area (Å²) in [4.78, 5) is 0. The van der Waals surface area contributed by atoms with Gasteiger partial charge in [-0.1, -0.05) is 8.67 Å². The van der Waals surface area contributed by atoms with E-state index in [1.54, 1.807) is 0 Å². The molecule has 0 atom stereocenters. The zero-order chi connectivity index (χ0) is 8.41. The van der Waals surface area contributed by atoms with E-state index in [9.17, 15) is 16.8 Å². The topological polar surface area (TPSA) is 127 Å². The maximum absolute atomic E-state index is 9.51. The fourth-order valence-corrected chi connectivity index (χ4v) is 0.632. The molecule has 8 nitrogen and oxygen atoms in total. The van der Waals surface area contributed by atoms with E-state index in [4.69, 9.17) is 9.11 Å². The Kier molecular flexibility index (Phi) is 10.2. The van der Waals surface area contributed by atoms with E-state index in [1.807, 2.05) is 0 Å². The molecule has 0 radical (unpaired) electrons. The summed E-state index contributed by atoms with van der Waals surface area (Å²) >= 11 is 0. The van der Waals surface area contributed by atoms with E-state index in [1.165, 1.54) is 0 Å². The molecule has 12 heteroatoms. The van der Waals surface area contributed by atoms with Crippen molar-refractivity contribution in [3.8, 4) is 0 Å². The first-order valence-electron chi connectivity index (χ1n) is 1.53. The van der Waals surface area contributed by atoms with Crippen LogP contribution in [0.3, 0.4) is 0 Å². The molecule has 0 unspecified atom stereocenters. The van der Waals surface area contributed by atoms with Gasteiger partial charge in [0.25, 0.3) is 0 Å². The molecule has 72 valence electrons. The molecular weight excluding hydrogens is 247 g/mol. The molecule has 0 saturated carbocycles. The minimum atomic E-state index is -5.02. The molecule has 0 spiro atoms. The normalized spacial score (nSPS) is 11.2. The predicted molar refractivity (Wildman–Crippen MR) is 36.8 cm³/mol. The number of hydrogen-bond donors (Lipinski definition) is 2. The first kappa shape index (κ1) is 18.8. The van der Waals surface area contributed by atoms with Crippen molar-refractivity contribution >= 4 is 34.3 Å². The van der Waals surface area contributed by atoms with Gasteiger partial charge in [0, 0.05) is 0 Å². The van der Waals surface area contributed by atoms with Gasteiger partial charge in [0.15, 0.2) is 0 Å².